The molecule has 136 valence electrons. The first kappa shape index (κ1) is 18.0. The molecule has 1 aromatic heterocycles. The lowest BCUT2D eigenvalue weighted by Gasteiger charge is -2.29. The molecular formula is C20H24N3O3+. The number of nitrogens with zero attached hydrogens (tertiary/aromatic N) is 3. The minimum absolute atomic E-state index is 0.102. The van der Waals surface area contributed by atoms with E-state index < -0.39 is 4.92 Å². The van der Waals surface area contributed by atoms with Crippen LogP contribution in [0.25, 0.3) is 0 Å². The van der Waals surface area contributed by atoms with Gasteiger partial charge in [0.1, 0.15) is 0 Å². The number of piperidine rings is 1. The maximum absolute atomic E-state index is 12.4. The van der Waals surface area contributed by atoms with Crippen LogP contribution in [0, 0.1) is 16.0 Å². The summed E-state index contributed by atoms with van der Waals surface area (Å²) >= 11 is 0. The molecule has 26 heavy (non-hydrogen) atoms. The van der Waals surface area contributed by atoms with Gasteiger partial charge in [0.25, 0.3) is 11.6 Å². The van der Waals surface area contributed by atoms with E-state index in [1.165, 1.54) is 12.1 Å². The molecule has 1 aliphatic rings. The molecule has 1 saturated heterocycles. The molecule has 3 rings (SSSR count). The van der Waals surface area contributed by atoms with E-state index in [1.54, 1.807) is 12.1 Å². The number of nitro groups is 1. The first-order valence-electron chi connectivity index (χ1n) is 9.00. The van der Waals surface area contributed by atoms with E-state index in [2.05, 4.69) is 6.92 Å². The van der Waals surface area contributed by atoms with Crippen LogP contribution in [-0.2, 0) is 17.8 Å². The van der Waals surface area contributed by atoms with Crippen molar-refractivity contribution in [2.24, 2.45) is 5.92 Å². The van der Waals surface area contributed by atoms with Gasteiger partial charge in [-0.3, -0.25) is 14.9 Å². The summed E-state index contributed by atoms with van der Waals surface area (Å²) < 4.78 is 1.90. The minimum Gasteiger partial charge on any atom is -0.337 e. The molecule has 0 saturated carbocycles. The van der Waals surface area contributed by atoms with Gasteiger partial charge in [0.15, 0.2) is 12.4 Å². The number of carbonyl (C=O) groups is 1. The first-order valence-corrected chi connectivity index (χ1v) is 9.00. The number of non-ortho nitro benzene ring substituents is 1. The normalized spacial score (nSPS) is 15.0. The zero-order valence-corrected chi connectivity index (χ0v) is 15.0. The average molecular weight is 354 g/mol. The number of benzene rings is 1. The van der Waals surface area contributed by atoms with Crippen molar-refractivity contribution in [1.82, 2.24) is 4.90 Å². The van der Waals surface area contributed by atoms with Crippen molar-refractivity contribution < 1.29 is 14.3 Å². The first-order chi connectivity index (χ1) is 12.5. The quantitative estimate of drug-likeness (QED) is 0.471. The molecule has 1 aliphatic heterocycles. The fourth-order valence-electron chi connectivity index (χ4n) is 3.20. The molecule has 0 radical (unpaired) electrons. The Balaban J connectivity index is 1.56. The van der Waals surface area contributed by atoms with Gasteiger partial charge in [0.2, 0.25) is 6.54 Å². The maximum Gasteiger partial charge on any atom is 0.288 e. The number of rotatable bonds is 5. The Kier molecular flexibility index (Phi) is 5.61. The summed E-state index contributed by atoms with van der Waals surface area (Å²) in [5.41, 5.74) is 2.23. The van der Waals surface area contributed by atoms with Crippen molar-refractivity contribution in [3.8, 4) is 0 Å². The van der Waals surface area contributed by atoms with Crippen LogP contribution in [0.2, 0.25) is 0 Å². The fourth-order valence-corrected chi connectivity index (χ4v) is 3.20. The molecule has 1 aromatic carbocycles. The Hall–Kier alpha value is -2.76. The van der Waals surface area contributed by atoms with Gasteiger partial charge in [-0.15, -0.1) is 0 Å². The van der Waals surface area contributed by atoms with Gasteiger partial charge in [-0.05, 0) is 36.3 Å². The Morgan fingerprint density at radius 3 is 2.27 bits per heavy atom. The van der Waals surface area contributed by atoms with E-state index in [0.29, 0.717) is 18.9 Å². The molecule has 0 spiro atoms. The zero-order valence-electron chi connectivity index (χ0n) is 15.0. The number of pyridine rings is 1. The zero-order chi connectivity index (χ0) is 18.5. The lowest BCUT2D eigenvalue weighted by atomic mass is 9.99. The molecule has 1 amide bonds. The summed E-state index contributed by atoms with van der Waals surface area (Å²) in [6.07, 6.45) is 6.72. The summed E-state index contributed by atoms with van der Waals surface area (Å²) in [7, 11) is 0. The molecule has 0 atom stereocenters. The predicted octanol–water partition coefficient (Wildman–Crippen LogP) is 2.73. The van der Waals surface area contributed by atoms with Crippen molar-refractivity contribution in [3.05, 3.63) is 70.0 Å². The van der Waals surface area contributed by atoms with Crippen LogP contribution >= 0.6 is 0 Å². The van der Waals surface area contributed by atoms with E-state index >= 15 is 0 Å². The lowest BCUT2D eigenvalue weighted by molar-refractivity contribution is -0.685. The topological polar surface area (TPSA) is 67.3 Å². The van der Waals surface area contributed by atoms with Crippen LogP contribution in [-0.4, -0.2) is 28.8 Å². The van der Waals surface area contributed by atoms with Gasteiger partial charge in [-0.25, -0.2) is 0 Å². The number of carbonyl (C=O) groups excluding carboxylic acids is 1. The third-order valence-corrected chi connectivity index (χ3v) is 4.97. The van der Waals surface area contributed by atoms with Gasteiger partial charge >= 0.3 is 0 Å². The molecule has 1 fully saturated rings. The maximum atomic E-state index is 12.4. The highest BCUT2D eigenvalue weighted by atomic mass is 16.6. The van der Waals surface area contributed by atoms with E-state index in [1.807, 2.05) is 34.0 Å². The summed E-state index contributed by atoms with van der Waals surface area (Å²) in [4.78, 5) is 24.6. The Morgan fingerprint density at radius 2 is 1.69 bits per heavy atom. The third kappa shape index (κ3) is 4.65. The Morgan fingerprint density at radius 1 is 1.12 bits per heavy atom. The number of nitro benzene ring substituents is 1. The van der Waals surface area contributed by atoms with Crippen molar-refractivity contribution in [1.29, 1.82) is 0 Å². The number of aromatic nitrogens is 1. The molecular weight excluding hydrogens is 330 g/mol. The summed E-state index contributed by atoms with van der Waals surface area (Å²) in [5, 5.41) is 10.7. The van der Waals surface area contributed by atoms with Crippen LogP contribution in [0.5, 0.6) is 0 Å². The Labute approximate surface area is 153 Å². The molecule has 2 heterocycles. The van der Waals surface area contributed by atoms with E-state index in [9.17, 15) is 14.9 Å². The molecule has 0 aliphatic carbocycles. The lowest BCUT2D eigenvalue weighted by Crippen LogP contribution is -2.46. The highest BCUT2D eigenvalue weighted by Crippen LogP contribution is 2.16. The van der Waals surface area contributed by atoms with Crippen molar-refractivity contribution in [2.75, 3.05) is 13.1 Å². The summed E-state index contributed by atoms with van der Waals surface area (Å²) in [6, 6.07) is 10.6. The largest absolute Gasteiger partial charge is 0.337 e. The van der Waals surface area contributed by atoms with Crippen molar-refractivity contribution >= 4 is 11.6 Å². The molecule has 6 nitrogen and oxygen atoms in total. The van der Waals surface area contributed by atoms with E-state index in [4.69, 9.17) is 0 Å². The average Bonchev–Trinajstić information content (AvgIpc) is 2.64. The van der Waals surface area contributed by atoms with Crippen LogP contribution in [0.3, 0.4) is 0 Å². The monoisotopic (exact) mass is 354 g/mol. The molecule has 0 N–H and O–H groups in total. The van der Waals surface area contributed by atoms with Crippen LogP contribution in [0.4, 0.5) is 5.69 Å². The molecule has 0 unspecified atom stereocenters. The standard InChI is InChI=1S/C20H24N3O3/c1-16-6-12-22(13-7-16)20(24)15-21-10-8-18(9-11-21)14-17-2-4-19(5-3-17)23(25)26/h2-5,8-11,16H,6-7,12-15H2,1H3/q+1. The van der Waals surface area contributed by atoms with Gasteiger partial charge < -0.3 is 4.90 Å². The van der Waals surface area contributed by atoms with Crippen LogP contribution in [0.1, 0.15) is 30.9 Å². The van der Waals surface area contributed by atoms with Crippen LogP contribution in [0.15, 0.2) is 48.8 Å². The van der Waals surface area contributed by atoms with Gasteiger partial charge in [-0.1, -0.05) is 19.1 Å². The van der Waals surface area contributed by atoms with Gasteiger partial charge in [0.05, 0.1) is 4.92 Å². The number of likely N-dealkylation sites (tertiary alicyclic amines) is 1. The Bertz CT molecular complexity index is 764. The second kappa shape index (κ2) is 8.08. The second-order valence-electron chi connectivity index (χ2n) is 7.04. The summed E-state index contributed by atoms with van der Waals surface area (Å²) in [5.74, 6) is 0.885. The van der Waals surface area contributed by atoms with Gasteiger partial charge in [0, 0.05) is 37.4 Å². The molecule has 0 bridgehead atoms. The molecule has 2 aromatic rings. The predicted molar refractivity (Wildman–Crippen MR) is 97.5 cm³/mol. The van der Waals surface area contributed by atoms with E-state index in [-0.39, 0.29) is 11.6 Å². The van der Waals surface area contributed by atoms with Crippen molar-refractivity contribution in [3.63, 3.8) is 0 Å². The minimum atomic E-state index is -0.394. The fraction of sp³-hybridized carbons (Fsp3) is 0.400. The third-order valence-electron chi connectivity index (χ3n) is 4.97. The highest BCUT2D eigenvalue weighted by Gasteiger charge is 2.22. The molecule has 6 heteroatoms. The SMILES string of the molecule is CC1CCN(C(=O)C[n+]2ccc(Cc3ccc([N+](=O)[O-])cc3)cc2)CC1. The summed E-state index contributed by atoms with van der Waals surface area (Å²) in [6.45, 7) is 4.32. The van der Waals surface area contributed by atoms with Crippen molar-refractivity contribution in [2.45, 2.75) is 32.7 Å². The number of hydrogen-bond donors (Lipinski definition) is 0. The van der Waals surface area contributed by atoms with Gasteiger partial charge in [-0.2, -0.15) is 4.57 Å². The van der Waals surface area contributed by atoms with E-state index in [0.717, 1.165) is 37.1 Å². The highest BCUT2D eigenvalue weighted by molar-refractivity contribution is 5.74. The number of hydrogen-bond acceptors (Lipinski definition) is 3. The second-order valence-corrected chi connectivity index (χ2v) is 7.04. The van der Waals surface area contributed by atoms with Crippen LogP contribution < -0.4 is 4.57 Å². The number of amides is 1. The smallest absolute Gasteiger partial charge is 0.288 e.